The van der Waals surface area contributed by atoms with Gasteiger partial charge >= 0.3 is 5.97 Å². The van der Waals surface area contributed by atoms with Gasteiger partial charge in [-0.1, -0.05) is 0 Å². The van der Waals surface area contributed by atoms with Crippen molar-refractivity contribution < 1.29 is 14.7 Å². The van der Waals surface area contributed by atoms with Gasteiger partial charge < -0.3 is 5.11 Å². The van der Waals surface area contributed by atoms with Crippen LogP contribution in [0.2, 0.25) is 0 Å². The summed E-state index contributed by atoms with van der Waals surface area (Å²) in [5, 5.41) is 8.89. The number of hydrogen-bond acceptors (Lipinski definition) is 4. The van der Waals surface area contributed by atoms with E-state index in [1.54, 1.807) is 18.3 Å². The Morgan fingerprint density at radius 1 is 1.64 bits per heavy atom. The van der Waals surface area contributed by atoms with Crippen LogP contribution >= 0.6 is 0 Å². The monoisotopic (exact) mass is 192 g/mol. The molecule has 0 aliphatic carbocycles. The summed E-state index contributed by atoms with van der Waals surface area (Å²) in [5.41, 5.74) is 3.77. The van der Waals surface area contributed by atoms with Gasteiger partial charge in [0.25, 0.3) is 0 Å². The van der Waals surface area contributed by atoms with Crippen LogP contribution in [0.1, 0.15) is 16.1 Å². The van der Waals surface area contributed by atoms with Crippen LogP contribution in [0.25, 0.3) is 5.70 Å². The molecule has 0 saturated carbocycles. The molecule has 1 aromatic rings. The molecule has 0 spiro atoms. The van der Waals surface area contributed by atoms with E-state index < -0.39 is 5.97 Å². The van der Waals surface area contributed by atoms with Crippen molar-refractivity contribution in [3.8, 4) is 0 Å². The van der Waals surface area contributed by atoms with E-state index in [1.807, 2.05) is 0 Å². The molecule has 0 saturated heterocycles. The zero-order chi connectivity index (χ0) is 9.97. The lowest BCUT2D eigenvalue weighted by Gasteiger charge is -2.05. The van der Waals surface area contributed by atoms with Crippen molar-refractivity contribution in [3.05, 3.63) is 35.7 Å². The molecule has 0 radical (unpaired) electrons. The largest absolute Gasteiger partial charge is 0.478 e. The standard InChI is InChI=1S/C9H8N2O3/c12-9(13)6-2-1-4-10-8(6)7-3-5-14-11-7/h1-4,11H,5H2,(H,12,13). The van der Waals surface area contributed by atoms with Crippen molar-refractivity contribution >= 4 is 11.7 Å². The lowest BCUT2D eigenvalue weighted by Crippen LogP contribution is -2.11. The van der Waals surface area contributed by atoms with Gasteiger partial charge in [-0.25, -0.2) is 4.79 Å². The van der Waals surface area contributed by atoms with Gasteiger partial charge in [0.05, 0.1) is 17.9 Å². The molecular formula is C9H8N2O3. The van der Waals surface area contributed by atoms with Crippen LogP contribution < -0.4 is 5.48 Å². The van der Waals surface area contributed by atoms with Crippen molar-refractivity contribution in [3.63, 3.8) is 0 Å². The predicted molar refractivity (Wildman–Crippen MR) is 48.3 cm³/mol. The van der Waals surface area contributed by atoms with E-state index in [2.05, 4.69) is 10.5 Å². The second-order valence-corrected chi connectivity index (χ2v) is 2.74. The van der Waals surface area contributed by atoms with Crippen LogP contribution in [0.15, 0.2) is 24.4 Å². The van der Waals surface area contributed by atoms with Crippen LogP contribution in [0.3, 0.4) is 0 Å². The Morgan fingerprint density at radius 2 is 2.50 bits per heavy atom. The molecule has 5 heteroatoms. The van der Waals surface area contributed by atoms with Gasteiger partial charge in [-0.15, -0.1) is 0 Å². The Balaban J connectivity index is 2.46. The summed E-state index contributed by atoms with van der Waals surface area (Å²) in [5.74, 6) is -0.997. The summed E-state index contributed by atoms with van der Waals surface area (Å²) in [6.45, 7) is 0.422. The number of nitrogens with zero attached hydrogens (tertiary/aromatic N) is 1. The van der Waals surface area contributed by atoms with Crippen molar-refractivity contribution in [2.45, 2.75) is 0 Å². The Kier molecular flexibility index (Phi) is 2.16. The summed E-state index contributed by atoms with van der Waals surface area (Å²) in [7, 11) is 0. The average molecular weight is 192 g/mol. The zero-order valence-electron chi connectivity index (χ0n) is 7.23. The molecule has 0 atom stereocenters. The van der Waals surface area contributed by atoms with Crippen molar-refractivity contribution in [2.24, 2.45) is 0 Å². The molecule has 2 rings (SSSR count). The Labute approximate surface area is 80.0 Å². The first-order chi connectivity index (χ1) is 6.79. The third-order valence-corrected chi connectivity index (χ3v) is 1.85. The van der Waals surface area contributed by atoms with Crippen molar-refractivity contribution in [2.75, 3.05) is 6.61 Å². The maximum atomic E-state index is 10.8. The highest BCUT2D eigenvalue weighted by molar-refractivity contribution is 5.92. The molecule has 0 unspecified atom stereocenters. The molecule has 2 heterocycles. The van der Waals surface area contributed by atoms with Gasteiger partial charge in [-0.3, -0.25) is 15.3 Å². The molecule has 1 aliphatic rings. The first kappa shape index (κ1) is 8.71. The van der Waals surface area contributed by atoms with Crippen LogP contribution in [-0.4, -0.2) is 22.7 Å². The molecule has 0 fully saturated rings. The molecule has 72 valence electrons. The quantitative estimate of drug-likeness (QED) is 0.720. The van der Waals surface area contributed by atoms with Crippen LogP contribution in [-0.2, 0) is 4.84 Å². The zero-order valence-corrected chi connectivity index (χ0v) is 7.23. The third kappa shape index (κ3) is 1.45. The van der Waals surface area contributed by atoms with Gasteiger partial charge in [0.1, 0.15) is 5.69 Å². The smallest absolute Gasteiger partial charge is 0.337 e. The summed E-state index contributed by atoms with van der Waals surface area (Å²) in [6.07, 6.45) is 3.29. The number of rotatable bonds is 2. The molecule has 2 N–H and O–H groups in total. The number of carboxylic acids is 1. The second kappa shape index (κ2) is 3.47. The fraction of sp³-hybridized carbons (Fsp3) is 0.111. The number of pyridine rings is 1. The van der Waals surface area contributed by atoms with E-state index in [1.165, 1.54) is 6.07 Å². The Hall–Kier alpha value is -1.88. The molecule has 14 heavy (non-hydrogen) atoms. The summed E-state index contributed by atoms with van der Waals surface area (Å²) in [6, 6.07) is 3.09. The maximum Gasteiger partial charge on any atom is 0.337 e. The van der Waals surface area contributed by atoms with Gasteiger partial charge in [0.15, 0.2) is 0 Å². The SMILES string of the molecule is O=C(O)c1cccnc1C1=CCON1. The lowest BCUT2D eigenvalue weighted by molar-refractivity contribution is 0.0695. The lowest BCUT2D eigenvalue weighted by atomic mass is 10.1. The first-order valence-electron chi connectivity index (χ1n) is 4.05. The first-order valence-corrected chi connectivity index (χ1v) is 4.05. The molecule has 0 aromatic carbocycles. The van der Waals surface area contributed by atoms with Crippen molar-refractivity contribution in [1.29, 1.82) is 0 Å². The minimum Gasteiger partial charge on any atom is -0.478 e. The number of hydrogen-bond donors (Lipinski definition) is 2. The van der Waals surface area contributed by atoms with E-state index in [4.69, 9.17) is 9.94 Å². The summed E-state index contributed by atoms with van der Waals surface area (Å²) in [4.78, 5) is 19.7. The fourth-order valence-corrected chi connectivity index (χ4v) is 1.22. The predicted octanol–water partition coefficient (Wildman–Crippen LogP) is 0.655. The van der Waals surface area contributed by atoms with E-state index in [9.17, 15) is 4.79 Å². The minimum atomic E-state index is -0.997. The number of carboxylic acid groups (broad SMARTS) is 1. The van der Waals surface area contributed by atoms with Crippen LogP contribution in [0, 0.1) is 0 Å². The molecule has 0 bridgehead atoms. The van der Waals surface area contributed by atoms with Crippen LogP contribution in [0.5, 0.6) is 0 Å². The van der Waals surface area contributed by atoms with E-state index >= 15 is 0 Å². The molecular weight excluding hydrogens is 184 g/mol. The normalized spacial score (nSPS) is 14.7. The average Bonchev–Trinajstić information content (AvgIpc) is 2.70. The third-order valence-electron chi connectivity index (χ3n) is 1.85. The fourth-order valence-electron chi connectivity index (χ4n) is 1.22. The van der Waals surface area contributed by atoms with E-state index in [0.29, 0.717) is 18.0 Å². The number of aromatic nitrogens is 1. The number of nitrogens with one attached hydrogen (secondary N) is 1. The summed E-state index contributed by atoms with van der Waals surface area (Å²) >= 11 is 0. The topological polar surface area (TPSA) is 71.5 Å². The van der Waals surface area contributed by atoms with Gasteiger partial charge in [0, 0.05) is 6.20 Å². The second-order valence-electron chi connectivity index (χ2n) is 2.74. The Morgan fingerprint density at radius 3 is 3.14 bits per heavy atom. The molecule has 1 aromatic heterocycles. The number of hydroxylamine groups is 1. The molecule has 0 amide bonds. The van der Waals surface area contributed by atoms with E-state index in [0.717, 1.165) is 0 Å². The highest BCUT2D eigenvalue weighted by Crippen LogP contribution is 2.16. The Bertz CT molecular complexity index is 401. The minimum absolute atomic E-state index is 0.164. The van der Waals surface area contributed by atoms with Crippen molar-refractivity contribution in [1.82, 2.24) is 10.5 Å². The van der Waals surface area contributed by atoms with Crippen LogP contribution in [0.4, 0.5) is 0 Å². The number of carbonyl (C=O) groups is 1. The maximum absolute atomic E-state index is 10.8. The summed E-state index contributed by atoms with van der Waals surface area (Å²) < 4.78 is 0. The van der Waals surface area contributed by atoms with E-state index in [-0.39, 0.29) is 5.56 Å². The van der Waals surface area contributed by atoms with Gasteiger partial charge in [-0.05, 0) is 18.2 Å². The highest BCUT2D eigenvalue weighted by atomic mass is 16.6. The van der Waals surface area contributed by atoms with Gasteiger partial charge in [0.2, 0.25) is 0 Å². The van der Waals surface area contributed by atoms with Gasteiger partial charge in [-0.2, -0.15) is 0 Å². The molecule has 1 aliphatic heterocycles. The number of aromatic carboxylic acids is 1. The molecule has 5 nitrogen and oxygen atoms in total. The highest BCUT2D eigenvalue weighted by Gasteiger charge is 2.16.